The first kappa shape index (κ1) is 10.7. The number of hydrogen-bond acceptors (Lipinski definition) is 2. The SMILES string of the molecule is CCC1(O)CC2CCCN(C(=O)O)C2C1. The van der Waals surface area contributed by atoms with Crippen molar-refractivity contribution in [3.63, 3.8) is 0 Å². The smallest absolute Gasteiger partial charge is 0.407 e. The zero-order valence-corrected chi connectivity index (χ0v) is 9.15. The van der Waals surface area contributed by atoms with E-state index in [1.54, 1.807) is 0 Å². The standard InChI is InChI=1S/C11H19NO3/c1-2-11(15)6-8-4-3-5-12(10(13)14)9(8)7-11/h8-9,15H,2-7H2,1H3,(H,13,14). The fourth-order valence-corrected chi connectivity index (χ4v) is 3.14. The average Bonchev–Trinajstić information content (AvgIpc) is 2.54. The van der Waals surface area contributed by atoms with Crippen LogP contribution in [0.3, 0.4) is 0 Å². The lowest BCUT2D eigenvalue weighted by atomic mass is 9.92. The summed E-state index contributed by atoms with van der Waals surface area (Å²) in [5.41, 5.74) is -0.618. The van der Waals surface area contributed by atoms with Gasteiger partial charge in [-0.25, -0.2) is 4.79 Å². The van der Waals surface area contributed by atoms with Gasteiger partial charge in [0.2, 0.25) is 0 Å². The van der Waals surface area contributed by atoms with Crippen LogP contribution in [0, 0.1) is 5.92 Å². The fraction of sp³-hybridized carbons (Fsp3) is 0.909. The fourth-order valence-electron chi connectivity index (χ4n) is 3.14. The summed E-state index contributed by atoms with van der Waals surface area (Å²) in [6.45, 7) is 2.61. The minimum atomic E-state index is -0.829. The van der Waals surface area contributed by atoms with Crippen molar-refractivity contribution < 1.29 is 15.0 Å². The van der Waals surface area contributed by atoms with Gasteiger partial charge in [0.15, 0.2) is 0 Å². The average molecular weight is 213 g/mol. The van der Waals surface area contributed by atoms with Crippen molar-refractivity contribution in [2.75, 3.05) is 6.54 Å². The molecule has 3 atom stereocenters. The molecule has 0 bridgehead atoms. The third kappa shape index (κ3) is 1.83. The molecule has 0 aromatic heterocycles. The lowest BCUT2D eigenvalue weighted by Crippen LogP contribution is -2.45. The number of likely N-dealkylation sites (tertiary alicyclic amines) is 1. The predicted octanol–water partition coefficient (Wildman–Crippen LogP) is 1.68. The molecule has 1 saturated carbocycles. The molecule has 1 saturated heterocycles. The molecule has 86 valence electrons. The largest absolute Gasteiger partial charge is 0.465 e. The first-order chi connectivity index (χ1) is 7.06. The van der Waals surface area contributed by atoms with E-state index >= 15 is 0 Å². The first-order valence-electron chi connectivity index (χ1n) is 5.78. The van der Waals surface area contributed by atoms with Crippen molar-refractivity contribution >= 4 is 6.09 Å². The Hall–Kier alpha value is -0.770. The second kappa shape index (κ2) is 3.67. The van der Waals surface area contributed by atoms with Crippen molar-refractivity contribution in [1.29, 1.82) is 0 Å². The number of amides is 1. The van der Waals surface area contributed by atoms with E-state index in [1.165, 1.54) is 4.90 Å². The first-order valence-corrected chi connectivity index (χ1v) is 5.78. The highest BCUT2D eigenvalue weighted by Gasteiger charge is 2.47. The Kier molecular flexibility index (Phi) is 2.63. The molecule has 0 radical (unpaired) electrons. The van der Waals surface area contributed by atoms with Gasteiger partial charge in [0.25, 0.3) is 0 Å². The van der Waals surface area contributed by atoms with Crippen LogP contribution in [0.4, 0.5) is 4.79 Å². The van der Waals surface area contributed by atoms with Gasteiger partial charge < -0.3 is 15.1 Å². The van der Waals surface area contributed by atoms with E-state index in [1.807, 2.05) is 6.92 Å². The van der Waals surface area contributed by atoms with Crippen molar-refractivity contribution in [2.24, 2.45) is 5.92 Å². The Labute approximate surface area is 89.9 Å². The lowest BCUT2D eigenvalue weighted by Gasteiger charge is -2.35. The highest BCUT2D eigenvalue weighted by molar-refractivity contribution is 5.65. The van der Waals surface area contributed by atoms with Gasteiger partial charge in [0.05, 0.1) is 5.60 Å². The number of carboxylic acid groups (broad SMARTS) is 1. The number of rotatable bonds is 1. The topological polar surface area (TPSA) is 60.8 Å². The maximum absolute atomic E-state index is 11.0. The van der Waals surface area contributed by atoms with Gasteiger partial charge in [-0.1, -0.05) is 6.92 Å². The molecule has 3 unspecified atom stereocenters. The maximum atomic E-state index is 11.0. The maximum Gasteiger partial charge on any atom is 0.407 e. The van der Waals surface area contributed by atoms with Crippen molar-refractivity contribution in [3.8, 4) is 0 Å². The third-order valence-electron chi connectivity index (χ3n) is 4.05. The number of aliphatic hydroxyl groups is 1. The summed E-state index contributed by atoms with van der Waals surface area (Å²) in [4.78, 5) is 12.6. The summed E-state index contributed by atoms with van der Waals surface area (Å²) in [6.07, 6.45) is 3.31. The van der Waals surface area contributed by atoms with E-state index in [-0.39, 0.29) is 6.04 Å². The molecule has 1 aliphatic carbocycles. The molecular weight excluding hydrogens is 194 g/mol. The summed E-state index contributed by atoms with van der Waals surface area (Å²) >= 11 is 0. The zero-order chi connectivity index (χ0) is 11.1. The summed E-state index contributed by atoms with van der Waals surface area (Å²) in [5.74, 6) is 0.375. The molecule has 2 rings (SSSR count). The molecule has 1 aliphatic heterocycles. The highest BCUT2D eigenvalue weighted by atomic mass is 16.4. The number of hydrogen-bond donors (Lipinski definition) is 2. The van der Waals surface area contributed by atoms with E-state index in [4.69, 9.17) is 5.11 Å². The van der Waals surface area contributed by atoms with Crippen LogP contribution in [0.15, 0.2) is 0 Å². The monoisotopic (exact) mass is 213 g/mol. The van der Waals surface area contributed by atoms with E-state index in [0.29, 0.717) is 18.9 Å². The lowest BCUT2D eigenvalue weighted by molar-refractivity contribution is 0.0348. The summed E-state index contributed by atoms with van der Waals surface area (Å²) in [6, 6.07) is 0.0567. The summed E-state index contributed by atoms with van der Waals surface area (Å²) < 4.78 is 0. The molecule has 4 nitrogen and oxygen atoms in total. The summed E-state index contributed by atoms with van der Waals surface area (Å²) in [7, 11) is 0. The van der Waals surface area contributed by atoms with Crippen LogP contribution in [0.1, 0.15) is 39.0 Å². The normalized spacial score (nSPS) is 40.3. The molecule has 0 aromatic rings. The number of fused-ring (bicyclic) bond motifs is 1. The number of piperidine rings is 1. The molecule has 2 fully saturated rings. The van der Waals surface area contributed by atoms with E-state index in [9.17, 15) is 9.90 Å². The van der Waals surface area contributed by atoms with Gasteiger partial charge in [-0.15, -0.1) is 0 Å². The number of carbonyl (C=O) groups is 1. The minimum Gasteiger partial charge on any atom is -0.465 e. The Balaban J connectivity index is 2.13. The Bertz CT molecular complexity index is 269. The third-order valence-corrected chi connectivity index (χ3v) is 4.05. The molecule has 2 aliphatic rings. The number of nitrogens with zero attached hydrogens (tertiary/aromatic N) is 1. The molecule has 1 amide bonds. The van der Waals surface area contributed by atoms with Crippen LogP contribution in [-0.4, -0.2) is 39.4 Å². The van der Waals surface area contributed by atoms with Gasteiger partial charge >= 0.3 is 6.09 Å². The van der Waals surface area contributed by atoms with Crippen LogP contribution < -0.4 is 0 Å². The van der Waals surface area contributed by atoms with Crippen molar-refractivity contribution in [2.45, 2.75) is 50.7 Å². The second-order valence-electron chi connectivity index (χ2n) is 4.93. The van der Waals surface area contributed by atoms with Crippen LogP contribution in [-0.2, 0) is 0 Å². The van der Waals surface area contributed by atoms with Crippen LogP contribution in [0.2, 0.25) is 0 Å². The summed E-state index contributed by atoms with van der Waals surface area (Å²) in [5, 5.41) is 19.3. The minimum absolute atomic E-state index is 0.0567. The molecule has 4 heteroatoms. The zero-order valence-electron chi connectivity index (χ0n) is 9.15. The van der Waals surface area contributed by atoms with E-state index < -0.39 is 11.7 Å². The van der Waals surface area contributed by atoms with Gasteiger partial charge in [0, 0.05) is 12.6 Å². The van der Waals surface area contributed by atoms with Crippen molar-refractivity contribution in [3.05, 3.63) is 0 Å². The van der Waals surface area contributed by atoms with Crippen LogP contribution >= 0.6 is 0 Å². The van der Waals surface area contributed by atoms with Crippen molar-refractivity contribution in [1.82, 2.24) is 4.90 Å². The molecule has 0 aromatic carbocycles. The van der Waals surface area contributed by atoms with Gasteiger partial charge in [-0.3, -0.25) is 0 Å². The molecule has 15 heavy (non-hydrogen) atoms. The molecule has 0 spiro atoms. The van der Waals surface area contributed by atoms with Gasteiger partial charge in [0.1, 0.15) is 0 Å². The van der Waals surface area contributed by atoms with Gasteiger partial charge in [-0.05, 0) is 38.0 Å². The van der Waals surface area contributed by atoms with Crippen LogP contribution in [0.25, 0.3) is 0 Å². The quantitative estimate of drug-likeness (QED) is 0.696. The Morgan fingerprint density at radius 1 is 1.53 bits per heavy atom. The second-order valence-corrected chi connectivity index (χ2v) is 4.93. The van der Waals surface area contributed by atoms with E-state index in [0.717, 1.165) is 25.7 Å². The van der Waals surface area contributed by atoms with Gasteiger partial charge in [-0.2, -0.15) is 0 Å². The van der Waals surface area contributed by atoms with E-state index in [2.05, 4.69) is 0 Å². The highest BCUT2D eigenvalue weighted by Crippen LogP contribution is 2.43. The molecule has 1 heterocycles. The molecule has 2 N–H and O–H groups in total. The molecular formula is C11H19NO3. The Morgan fingerprint density at radius 3 is 2.87 bits per heavy atom. The van der Waals surface area contributed by atoms with Crippen LogP contribution in [0.5, 0.6) is 0 Å². The Morgan fingerprint density at radius 2 is 2.27 bits per heavy atom. The predicted molar refractivity (Wildman–Crippen MR) is 55.7 cm³/mol.